The SMILES string of the molecule is CCn1nccc1C(=O)N1CCCC(n2c(C)cnc2C2CC2)C1. The Morgan fingerprint density at radius 3 is 2.92 bits per heavy atom. The highest BCUT2D eigenvalue weighted by atomic mass is 16.2. The van der Waals surface area contributed by atoms with Crippen molar-refractivity contribution in [2.24, 2.45) is 0 Å². The van der Waals surface area contributed by atoms with Crippen LogP contribution in [0.25, 0.3) is 0 Å². The summed E-state index contributed by atoms with van der Waals surface area (Å²) in [7, 11) is 0. The Balaban J connectivity index is 1.56. The summed E-state index contributed by atoms with van der Waals surface area (Å²) in [5, 5.41) is 4.23. The fourth-order valence-electron chi connectivity index (χ4n) is 3.86. The second kappa shape index (κ2) is 6.07. The summed E-state index contributed by atoms with van der Waals surface area (Å²) in [6.07, 6.45) is 8.36. The molecular weight excluding hydrogens is 302 g/mol. The minimum absolute atomic E-state index is 0.102. The molecule has 6 nitrogen and oxygen atoms in total. The van der Waals surface area contributed by atoms with Crippen LogP contribution in [-0.2, 0) is 6.54 Å². The Kier molecular flexibility index (Phi) is 3.90. The molecule has 0 bridgehead atoms. The maximum Gasteiger partial charge on any atom is 0.272 e. The zero-order valence-corrected chi connectivity index (χ0v) is 14.5. The second-order valence-electron chi connectivity index (χ2n) is 6.98. The van der Waals surface area contributed by atoms with E-state index in [0.29, 0.717) is 17.7 Å². The van der Waals surface area contributed by atoms with Gasteiger partial charge in [0.05, 0.1) is 6.04 Å². The average molecular weight is 327 g/mol. The lowest BCUT2D eigenvalue weighted by Gasteiger charge is -2.34. The molecule has 0 N–H and O–H groups in total. The third-order valence-corrected chi connectivity index (χ3v) is 5.24. The molecule has 2 fully saturated rings. The van der Waals surface area contributed by atoms with Crippen LogP contribution in [0.5, 0.6) is 0 Å². The summed E-state index contributed by atoms with van der Waals surface area (Å²) in [5.41, 5.74) is 1.91. The van der Waals surface area contributed by atoms with Gasteiger partial charge in [-0.15, -0.1) is 0 Å². The molecule has 1 aliphatic heterocycles. The topological polar surface area (TPSA) is 56.0 Å². The third-order valence-electron chi connectivity index (χ3n) is 5.24. The first-order chi connectivity index (χ1) is 11.7. The first-order valence-electron chi connectivity index (χ1n) is 9.03. The van der Waals surface area contributed by atoms with Gasteiger partial charge in [0, 0.05) is 43.6 Å². The monoisotopic (exact) mass is 327 g/mol. The van der Waals surface area contributed by atoms with Crippen LogP contribution >= 0.6 is 0 Å². The van der Waals surface area contributed by atoms with Gasteiger partial charge in [0.2, 0.25) is 0 Å². The molecule has 1 atom stereocenters. The molecule has 1 amide bonds. The number of rotatable bonds is 4. The van der Waals surface area contributed by atoms with Crippen molar-refractivity contribution in [2.45, 2.75) is 58.0 Å². The Hall–Kier alpha value is -2.11. The van der Waals surface area contributed by atoms with Crippen molar-refractivity contribution in [3.05, 3.63) is 35.7 Å². The maximum atomic E-state index is 12.9. The fraction of sp³-hybridized carbons (Fsp3) is 0.611. The van der Waals surface area contributed by atoms with E-state index >= 15 is 0 Å². The number of carbonyl (C=O) groups excluding carboxylic acids is 1. The highest BCUT2D eigenvalue weighted by Gasteiger charge is 2.33. The lowest BCUT2D eigenvalue weighted by atomic mass is 10.0. The first kappa shape index (κ1) is 15.4. The van der Waals surface area contributed by atoms with E-state index in [2.05, 4.69) is 21.6 Å². The van der Waals surface area contributed by atoms with Crippen molar-refractivity contribution in [2.75, 3.05) is 13.1 Å². The molecule has 2 aromatic rings. The van der Waals surface area contributed by atoms with E-state index in [1.165, 1.54) is 24.4 Å². The van der Waals surface area contributed by atoms with Crippen LogP contribution in [0.1, 0.15) is 66.6 Å². The standard InChI is InChI=1S/C18H25N5O/c1-3-22-16(8-9-20-22)18(24)21-10-4-5-15(12-21)23-13(2)11-19-17(23)14-6-7-14/h8-9,11,14-15H,3-7,10,12H2,1-2H3. The Morgan fingerprint density at radius 1 is 1.33 bits per heavy atom. The van der Waals surface area contributed by atoms with Crippen molar-refractivity contribution in [1.29, 1.82) is 0 Å². The number of aryl methyl sites for hydroxylation is 2. The number of aromatic nitrogens is 4. The minimum Gasteiger partial charge on any atom is -0.335 e. The van der Waals surface area contributed by atoms with Crippen LogP contribution in [0.15, 0.2) is 18.5 Å². The highest BCUT2D eigenvalue weighted by Crippen LogP contribution is 2.41. The molecule has 6 heteroatoms. The zero-order valence-electron chi connectivity index (χ0n) is 14.5. The molecule has 0 aromatic carbocycles. The summed E-state index contributed by atoms with van der Waals surface area (Å²) in [6, 6.07) is 2.17. The molecule has 2 aliphatic rings. The molecule has 24 heavy (non-hydrogen) atoms. The molecule has 1 saturated heterocycles. The Labute approximate surface area is 142 Å². The van der Waals surface area contributed by atoms with Gasteiger partial charge in [-0.1, -0.05) is 0 Å². The van der Waals surface area contributed by atoms with Crippen LogP contribution in [-0.4, -0.2) is 43.2 Å². The maximum absolute atomic E-state index is 12.9. The lowest BCUT2D eigenvalue weighted by Crippen LogP contribution is -2.42. The van der Waals surface area contributed by atoms with E-state index < -0.39 is 0 Å². The number of hydrogen-bond donors (Lipinski definition) is 0. The summed E-state index contributed by atoms with van der Waals surface area (Å²) < 4.78 is 4.18. The van der Waals surface area contributed by atoms with Gasteiger partial charge in [0.25, 0.3) is 5.91 Å². The van der Waals surface area contributed by atoms with Crippen LogP contribution < -0.4 is 0 Å². The highest BCUT2D eigenvalue weighted by molar-refractivity contribution is 5.92. The molecule has 3 heterocycles. The van der Waals surface area contributed by atoms with Gasteiger partial charge < -0.3 is 9.47 Å². The van der Waals surface area contributed by atoms with E-state index in [0.717, 1.165) is 32.5 Å². The van der Waals surface area contributed by atoms with E-state index in [1.54, 1.807) is 10.9 Å². The van der Waals surface area contributed by atoms with E-state index in [4.69, 9.17) is 0 Å². The van der Waals surface area contributed by atoms with Gasteiger partial charge in [-0.3, -0.25) is 9.48 Å². The number of hydrogen-bond acceptors (Lipinski definition) is 3. The van der Waals surface area contributed by atoms with Gasteiger partial charge in [-0.25, -0.2) is 4.98 Å². The molecule has 1 aliphatic carbocycles. The number of likely N-dealkylation sites (tertiary alicyclic amines) is 1. The van der Waals surface area contributed by atoms with Crippen molar-refractivity contribution in [1.82, 2.24) is 24.2 Å². The lowest BCUT2D eigenvalue weighted by molar-refractivity contribution is 0.0664. The predicted molar refractivity (Wildman–Crippen MR) is 91.0 cm³/mol. The van der Waals surface area contributed by atoms with Crippen LogP contribution in [0.2, 0.25) is 0 Å². The van der Waals surface area contributed by atoms with Crippen molar-refractivity contribution < 1.29 is 4.79 Å². The van der Waals surface area contributed by atoms with Crippen LogP contribution in [0.4, 0.5) is 0 Å². The van der Waals surface area contributed by atoms with Crippen LogP contribution in [0, 0.1) is 6.92 Å². The van der Waals surface area contributed by atoms with Gasteiger partial charge in [0.15, 0.2) is 0 Å². The predicted octanol–water partition coefficient (Wildman–Crippen LogP) is 2.76. The molecule has 128 valence electrons. The van der Waals surface area contributed by atoms with Crippen molar-refractivity contribution in [3.8, 4) is 0 Å². The molecule has 0 spiro atoms. The third kappa shape index (κ3) is 2.64. The fourth-order valence-corrected chi connectivity index (χ4v) is 3.86. The summed E-state index contributed by atoms with van der Waals surface area (Å²) in [5.74, 6) is 1.96. The molecular formula is C18H25N5O. The van der Waals surface area contributed by atoms with Gasteiger partial charge in [0.1, 0.15) is 11.5 Å². The van der Waals surface area contributed by atoms with Crippen molar-refractivity contribution >= 4 is 5.91 Å². The normalized spacial score (nSPS) is 21.2. The number of imidazole rings is 1. The van der Waals surface area contributed by atoms with Gasteiger partial charge in [-0.05, 0) is 45.6 Å². The summed E-state index contributed by atoms with van der Waals surface area (Å²) in [4.78, 5) is 19.6. The first-order valence-corrected chi connectivity index (χ1v) is 9.03. The van der Waals surface area contributed by atoms with E-state index in [-0.39, 0.29) is 5.91 Å². The number of nitrogens with zero attached hydrogens (tertiary/aromatic N) is 5. The largest absolute Gasteiger partial charge is 0.335 e. The average Bonchev–Trinajstić information content (AvgIpc) is 3.21. The number of amides is 1. The van der Waals surface area contributed by atoms with Crippen LogP contribution in [0.3, 0.4) is 0 Å². The van der Waals surface area contributed by atoms with E-state index in [1.807, 2.05) is 24.1 Å². The Bertz CT molecular complexity index is 742. The van der Waals surface area contributed by atoms with Crippen molar-refractivity contribution in [3.63, 3.8) is 0 Å². The quantitative estimate of drug-likeness (QED) is 0.867. The number of piperidine rings is 1. The summed E-state index contributed by atoms with van der Waals surface area (Å²) in [6.45, 7) is 6.46. The minimum atomic E-state index is 0.102. The molecule has 2 aromatic heterocycles. The molecule has 1 unspecified atom stereocenters. The second-order valence-corrected chi connectivity index (χ2v) is 6.98. The van der Waals surface area contributed by atoms with E-state index in [9.17, 15) is 4.79 Å². The smallest absolute Gasteiger partial charge is 0.272 e. The van der Waals surface area contributed by atoms with Gasteiger partial charge in [-0.2, -0.15) is 5.10 Å². The zero-order chi connectivity index (χ0) is 16.7. The summed E-state index contributed by atoms with van der Waals surface area (Å²) >= 11 is 0. The number of carbonyl (C=O) groups is 1. The molecule has 0 radical (unpaired) electrons. The molecule has 4 rings (SSSR count). The molecule has 1 saturated carbocycles. The Morgan fingerprint density at radius 2 is 2.17 bits per heavy atom. The van der Waals surface area contributed by atoms with Gasteiger partial charge >= 0.3 is 0 Å².